The number of halogens is 1. The number of carbonyl (C=O) groups excluding carboxylic acids is 1. The van der Waals surface area contributed by atoms with Gasteiger partial charge in [0, 0.05) is 6.54 Å². The maximum Gasteiger partial charge on any atom is 0.228 e. The van der Waals surface area contributed by atoms with Crippen LogP contribution in [0.1, 0.15) is 12.0 Å². The van der Waals surface area contributed by atoms with Crippen LogP contribution in [0.2, 0.25) is 0 Å². The van der Waals surface area contributed by atoms with Crippen molar-refractivity contribution in [3.63, 3.8) is 0 Å². The molecule has 100 valence electrons. The number of amides is 1. The van der Waals surface area contributed by atoms with Crippen LogP contribution < -0.4 is 5.73 Å². The predicted molar refractivity (Wildman–Crippen MR) is 72.9 cm³/mol. The number of phenolic OH excluding ortho intramolecular Hbond substituents is 1. The molecule has 1 aromatic carbocycles. The Kier molecular flexibility index (Phi) is 4.24. The monoisotopic (exact) mass is 270 g/mol. The van der Waals surface area contributed by atoms with Gasteiger partial charge in [0.2, 0.25) is 5.91 Å². The van der Waals surface area contributed by atoms with E-state index in [-0.39, 0.29) is 30.0 Å². The summed E-state index contributed by atoms with van der Waals surface area (Å²) in [6.07, 6.45) is 0.797. The first-order valence-electron chi connectivity index (χ1n) is 5.71. The summed E-state index contributed by atoms with van der Waals surface area (Å²) in [5.41, 5.74) is 5.93. The van der Waals surface area contributed by atoms with Gasteiger partial charge in [-0.1, -0.05) is 12.1 Å². The number of hydrogen-bond donors (Lipinski definition) is 2. The maximum absolute atomic E-state index is 11.7. The molecule has 0 heterocycles. The molecular formula is C13H19ClN2O2. The molecule has 18 heavy (non-hydrogen) atoms. The van der Waals surface area contributed by atoms with Crippen molar-refractivity contribution in [3.05, 3.63) is 29.8 Å². The van der Waals surface area contributed by atoms with Crippen molar-refractivity contribution in [2.24, 2.45) is 11.7 Å². The topological polar surface area (TPSA) is 66.6 Å². The van der Waals surface area contributed by atoms with E-state index in [1.165, 1.54) is 0 Å². The molecule has 1 aliphatic rings. The minimum Gasteiger partial charge on any atom is -0.508 e. The molecule has 0 bridgehead atoms. The average molecular weight is 271 g/mol. The molecule has 1 saturated carbocycles. The first-order valence-corrected chi connectivity index (χ1v) is 5.71. The Labute approximate surface area is 113 Å². The maximum atomic E-state index is 11.7. The van der Waals surface area contributed by atoms with Crippen molar-refractivity contribution in [2.75, 3.05) is 20.6 Å². The Balaban J connectivity index is 0.00000162. The number of phenols is 1. The Bertz CT molecular complexity index is 433. The first-order chi connectivity index (χ1) is 7.96. The summed E-state index contributed by atoms with van der Waals surface area (Å²) in [7, 11) is 3.97. The number of hydrogen-bond acceptors (Lipinski definition) is 3. The molecule has 0 unspecified atom stereocenters. The second kappa shape index (κ2) is 5.16. The summed E-state index contributed by atoms with van der Waals surface area (Å²) < 4.78 is 0. The van der Waals surface area contributed by atoms with Gasteiger partial charge in [-0.3, -0.25) is 4.79 Å². The molecular weight excluding hydrogens is 252 g/mol. The summed E-state index contributed by atoms with van der Waals surface area (Å²) in [6, 6.07) is 6.78. The molecule has 1 fully saturated rings. The number of nitrogens with zero attached hydrogens (tertiary/aromatic N) is 1. The van der Waals surface area contributed by atoms with Crippen LogP contribution in [0.4, 0.5) is 0 Å². The fraction of sp³-hybridized carbons (Fsp3) is 0.462. The molecule has 2 rings (SSSR count). The van der Waals surface area contributed by atoms with Gasteiger partial charge < -0.3 is 15.7 Å². The molecule has 1 aromatic rings. The van der Waals surface area contributed by atoms with E-state index in [0.29, 0.717) is 0 Å². The van der Waals surface area contributed by atoms with Crippen LogP contribution in [0, 0.1) is 5.92 Å². The van der Waals surface area contributed by atoms with Gasteiger partial charge in [-0.15, -0.1) is 12.4 Å². The number of carbonyl (C=O) groups is 1. The molecule has 0 aromatic heterocycles. The Morgan fingerprint density at radius 2 is 2.00 bits per heavy atom. The van der Waals surface area contributed by atoms with Crippen LogP contribution in [-0.2, 0) is 10.2 Å². The molecule has 0 radical (unpaired) electrons. The van der Waals surface area contributed by atoms with Gasteiger partial charge in [-0.2, -0.15) is 0 Å². The molecule has 5 heteroatoms. The lowest BCUT2D eigenvalue weighted by Crippen LogP contribution is -2.32. The summed E-state index contributed by atoms with van der Waals surface area (Å²) in [6.45, 7) is 0.851. The smallest absolute Gasteiger partial charge is 0.228 e. The zero-order valence-corrected chi connectivity index (χ0v) is 11.4. The lowest BCUT2D eigenvalue weighted by molar-refractivity contribution is -0.120. The minimum atomic E-state index is -0.530. The van der Waals surface area contributed by atoms with Gasteiger partial charge in [0.1, 0.15) is 5.75 Å². The highest BCUT2D eigenvalue weighted by Gasteiger charge is 2.59. The lowest BCUT2D eigenvalue weighted by atomic mass is 9.92. The highest BCUT2D eigenvalue weighted by molar-refractivity contribution is 5.90. The van der Waals surface area contributed by atoms with Crippen LogP contribution in [0.15, 0.2) is 24.3 Å². The van der Waals surface area contributed by atoms with Crippen LogP contribution in [0.25, 0.3) is 0 Å². The van der Waals surface area contributed by atoms with Crippen LogP contribution in [-0.4, -0.2) is 36.6 Å². The van der Waals surface area contributed by atoms with Crippen molar-refractivity contribution < 1.29 is 9.90 Å². The summed E-state index contributed by atoms with van der Waals surface area (Å²) in [5.74, 6) is 0.216. The number of benzene rings is 1. The fourth-order valence-electron chi connectivity index (χ4n) is 2.55. The van der Waals surface area contributed by atoms with E-state index in [2.05, 4.69) is 4.90 Å². The standard InChI is InChI=1S/C13H18N2O2.ClH/c1-15(2)8-10-7-13(10,12(14)17)9-3-5-11(16)6-4-9;/h3-6,10,16H,7-8H2,1-2H3,(H2,14,17);1H/t10-,13+;/m1./s1. The quantitative estimate of drug-likeness (QED) is 0.862. The normalized spacial score (nSPS) is 25.6. The van der Waals surface area contributed by atoms with Crippen LogP contribution in [0.3, 0.4) is 0 Å². The molecule has 3 N–H and O–H groups in total. The highest BCUT2D eigenvalue weighted by atomic mass is 35.5. The van der Waals surface area contributed by atoms with Crippen molar-refractivity contribution in [2.45, 2.75) is 11.8 Å². The molecule has 4 nitrogen and oxygen atoms in total. The summed E-state index contributed by atoms with van der Waals surface area (Å²) in [5, 5.41) is 9.27. The number of nitrogens with two attached hydrogens (primary N) is 1. The van der Waals surface area contributed by atoms with E-state index in [1.54, 1.807) is 24.3 Å². The third-order valence-corrected chi connectivity index (χ3v) is 3.51. The molecule has 0 spiro atoms. The Morgan fingerprint density at radius 1 is 1.44 bits per heavy atom. The first kappa shape index (κ1) is 14.8. The van der Waals surface area contributed by atoms with Gasteiger partial charge in [-0.25, -0.2) is 0 Å². The third kappa shape index (κ3) is 2.44. The Morgan fingerprint density at radius 3 is 2.44 bits per heavy atom. The van der Waals surface area contributed by atoms with Crippen molar-refractivity contribution in [1.29, 1.82) is 0 Å². The van der Waals surface area contributed by atoms with E-state index < -0.39 is 5.41 Å². The highest BCUT2D eigenvalue weighted by Crippen LogP contribution is 2.54. The number of primary amides is 1. The largest absolute Gasteiger partial charge is 0.508 e. The molecule has 2 atom stereocenters. The van der Waals surface area contributed by atoms with E-state index in [0.717, 1.165) is 18.5 Å². The fourth-order valence-corrected chi connectivity index (χ4v) is 2.55. The molecule has 1 amide bonds. The van der Waals surface area contributed by atoms with Crippen LogP contribution in [0.5, 0.6) is 5.75 Å². The molecule has 0 aliphatic heterocycles. The third-order valence-electron chi connectivity index (χ3n) is 3.51. The van der Waals surface area contributed by atoms with Gasteiger partial charge in [-0.05, 0) is 44.1 Å². The molecule has 1 aliphatic carbocycles. The minimum absolute atomic E-state index is 0. The number of rotatable bonds is 4. The number of aromatic hydroxyl groups is 1. The van der Waals surface area contributed by atoms with Gasteiger partial charge >= 0.3 is 0 Å². The van der Waals surface area contributed by atoms with Gasteiger partial charge in [0.05, 0.1) is 5.41 Å². The van der Waals surface area contributed by atoms with E-state index >= 15 is 0 Å². The van der Waals surface area contributed by atoms with E-state index in [1.807, 2.05) is 14.1 Å². The van der Waals surface area contributed by atoms with E-state index in [4.69, 9.17) is 5.73 Å². The van der Waals surface area contributed by atoms with Gasteiger partial charge in [0.25, 0.3) is 0 Å². The second-order valence-corrected chi connectivity index (χ2v) is 5.05. The van der Waals surface area contributed by atoms with E-state index in [9.17, 15) is 9.90 Å². The summed E-state index contributed by atoms with van der Waals surface area (Å²) >= 11 is 0. The van der Waals surface area contributed by atoms with Crippen molar-refractivity contribution >= 4 is 18.3 Å². The SMILES string of the molecule is CN(C)C[C@H]1C[C@]1(C(N)=O)c1ccc(O)cc1.Cl. The molecule has 0 saturated heterocycles. The van der Waals surface area contributed by atoms with Gasteiger partial charge in [0.15, 0.2) is 0 Å². The summed E-state index contributed by atoms with van der Waals surface area (Å²) in [4.78, 5) is 13.8. The van der Waals surface area contributed by atoms with Crippen molar-refractivity contribution in [1.82, 2.24) is 4.90 Å². The van der Waals surface area contributed by atoms with Crippen LogP contribution >= 0.6 is 12.4 Å². The second-order valence-electron chi connectivity index (χ2n) is 5.05. The zero-order valence-electron chi connectivity index (χ0n) is 10.6. The average Bonchev–Trinajstić information content (AvgIpc) is 2.93. The Hall–Kier alpha value is -1.26. The predicted octanol–water partition coefficient (Wildman–Crippen LogP) is 1.12. The van der Waals surface area contributed by atoms with Crippen molar-refractivity contribution in [3.8, 4) is 5.75 Å². The lowest BCUT2D eigenvalue weighted by Gasteiger charge is -2.16. The zero-order chi connectivity index (χ0) is 12.6.